The molecular formula is C73H142O17P2. The van der Waals surface area contributed by atoms with Gasteiger partial charge in [0.1, 0.15) is 19.3 Å². The van der Waals surface area contributed by atoms with Crippen LogP contribution in [-0.4, -0.2) is 96.7 Å². The van der Waals surface area contributed by atoms with Gasteiger partial charge in [-0.1, -0.05) is 324 Å². The third kappa shape index (κ3) is 66.7. The average Bonchev–Trinajstić information content (AvgIpc) is 1.42. The summed E-state index contributed by atoms with van der Waals surface area (Å²) in [6, 6.07) is 0. The molecule has 0 aliphatic carbocycles. The zero-order chi connectivity index (χ0) is 67.9. The molecule has 546 valence electrons. The molecule has 0 aliphatic heterocycles. The fourth-order valence-corrected chi connectivity index (χ4v) is 12.7. The maximum absolute atomic E-state index is 13.1. The normalized spacial score (nSPS) is 14.1. The molecule has 92 heavy (non-hydrogen) atoms. The monoisotopic (exact) mass is 1350 g/mol. The summed E-state index contributed by atoms with van der Waals surface area (Å²) in [5, 5.41) is 10.6. The van der Waals surface area contributed by atoms with Crippen molar-refractivity contribution in [2.45, 2.75) is 394 Å². The van der Waals surface area contributed by atoms with Crippen LogP contribution >= 0.6 is 15.6 Å². The molecule has 0 bridgehead atoms. The minimum Gasteiger partial charge on any atom is -0.462 e. The minimum atomic E-state index is -4.95. The largest absolute Gasteiger partial charge is 0.472 e. The number of hydrogen-bond donors (Lipinski definition) is 3. The predicted molar refractivity (Wildman–Crippen MR) is 372 cm³/mol. The van der Waals surface area contributed by atoms with Gasteiger partial charge in [-0.25, -0.2) is 9.13 Å². The number of unbranched alkanes of at least 4 members (excludes halogenated alkanes) is 42. The third-order valence-electron chi connectivity index (χ3n) is 17.0. The number of phosphoric ester groups is 2. The molecule has 19 heteroatoms. The molecule has 17 nitrogen and oxygen atoms in total. The van der Waals surface area contributed by atoms with Gasteiger partial charge in [-0.2, -0.15) is 0 Å². The van der Waals surface area contributed by atoms with Crippen molar-refractivity contribution in [1.82, 2.24) is 0 Å². The van der Waals surface area contributed by atoms with Gasteiger partial charge in [0, 0.05) is 25.7 Å². The molecule has 0 heterocycles. The molecule has 3 N–H and O–H groups in total. The molecule has 0 amide bonds. The lowest BCUT2D eigenvalue weighted by molar-refractivity contribution is -0.161. The second kappa shape index (κ2) is 65.0. The van der Waals surface area contributed by atoms with Crippen LogP contribution in [0.15, 0.2) is 0 Å². The van der Waals surface area contributed by atoms with Crippen LogP contribution in [0, 0.1) is 11.8 Å². The highest BCUT2D eigenvalue weighted by Crippen LogP contribution is 2.45. The van der Waals surface area contributed by atoms with E-state index < -0.39 is 97.5 Å². The first kappa shape index (κ1) is 90.1. The van der Waals surface area contributed by atoms with Crippen LogP contribution in [0.2, 0.25) is 0 Å². The number of ether oxygens (including phenoxy) is 4. The third-order valence-corrected chi connectivity index (χ3v) is 18.9. The molecule has 0 saturated carbocycles. The van der Waals surface area contributed by atoms with Crippen LogP contribution in [-0.2, 0) is 65.4 Å². The highest BCUT2D eigenvalue weighted by atomic mass is 31.2. The summed E-state index contributed by atoms with van der Waals surface area (Å²) < 4.78 is 68.2. The van der Waals surface area contributed by atoms with Gasteiger partial charge < -0.3 is 33.8 Å². The Labute approximate surface area is 562 Å². The van der Waals surface area contributed by atoms with Crippen LogP contribution in [0.1, 0.15) is 375 Å². The molecule has 2 unspecified atom stereocenters. The molecule has 0 fully saturated rings. The molecule has 5 atom stereocenters. The number of aliphatic hydroxyl groups excluding tert-OH is 1. The molecular weight excluding hydrogens is 1210 g/mol. The van der Waals surface area contributed by atoms with Crippen molar-refractivity contribution in [2.75, 3.05) is 39.6 Å². The first-order chi connectivity index (χ1) is 44.4. The Morgan fingerprint density at radius 1 is 0.293 bits per heavy atom. The van der Waals surface area contributed by atoms with E-state index >= 15 is 0 Å². The predicted octanol–water partition coefficient (Wildman–Crippen LogP) is 21.2. The average molecular weight is 1350 g/mol. The Morgan fingerprint density at radius 2 is 0.500 bits per heavy atom. The van der Waals surface area contributed by atoms with E-state index in [1.54, 1.807) is 0 Å². The summed E-state index contributed by atoms with van der Waals surface area (Å²) >= 11 is 0. The number of rotatable bonds is 72. The molecule has 0 radical (unpaired) electrons. The van der Waals surface area contributed by atoms with Gasteiger partial charge in [0.2, 0.25) is 0 Å². The lowest BCUT2D eigenvalue weighted by Gasteiger charge is -2.21. The van der Waals surface area contributed by atoms with Crippen molar-refractivity contribution in [2.24, 2.45) is 11.8 Å². The summed E-state index contributed by atoms with van der Waals surface area (Å²) in [4.78, 5) is 72.4. The smallest absolute Gasteiger partial charge is 0.462 e. The zero-order valence-electron chi connectivity index (χ0n) is 59.9. The van der Waals surface area contributed by atoms with Gasteiger partial charge in [-0.15, -0.1) is 0 Å². The lowest BCUT2D eigenvalue weighted by atomic mass is 10.0. The number of aliphatic hydroxyl groups is 1. The topological polar surface area (TPSA) is 237 Å². The SMILES string of the molecule is CCCCCCCCCCCCCCC(=O)O[C@H](COC(=O)CCCCCCC)COP(=O)(O)OC[C@H](O)COP(=O)(O)OC[C@@H](COC(=O)CCCCCCCCCCCCCC(C)C)OC(=O)CCCCCCCCCCCCCCCCCCCCC(C)C. The van der Waals surface area contributed by atoms with E-state index in [-0.39, 0.29) is 25.7 Å². The number of hydrogen-bond acceptors (Lipinski definition) is 15. The van der Waals surface area contributed by atoms with Gasteiger partial charge in [0.15, 0.2) is 12.2 Å². The van der Waals surface area contributed by atoms with E-state index in [2.05, 4.69) is 41.5 Å². The Bertz CT molecular complexity index is 1790. The molecule has 0 aromatic heterocycles. The van der Waals surface area contributed by atoms with E-state index in [9.17, 15) is 43.2 Å². The standard InChI is InChI=1S/C73H142O17P2/c1-7-9-11-13-14-15-16-28-34-39-45-51-57-72(77)89-68(61-83-70(75)55-49-41-12-10-8-2)63-87-91(79,80)85-59-67(74)60-86-92(81,82)88-64-69(62-84-71(76)56-50-44-38-33-30-25-27-32-37-43-48-54-66(5)6)90-73(78)58-52-46-40-35-29-24-22-20-18-17-19-21-23-26-31-36-42-47-53-65(3)4/h65-69,74H,7-64H2,1-6H3,(H,79,80)(H,81,82)/t67-,68+,69+/m0/s1. The number of carbonyl (C=O) groups is 4. The van der Waals surface area contributed by atoms with E-state index in [0.29, 0.717) is 25.7 Å². The van der Waals surface area contributed by atoms with Crippen LogP contribution in [0.25, 0.3) is 0 Å². The van der Waals surface area contributed by atoms with Gasteiger partial charge in [-0.3, -0.25) is 37.3 Å². The van der Waals surface area contributed by atoms with Crippen molar-refractivity contribution >= 4 is 39.5 Å². The van der Waals surface area contributed by atoms with Crippen molar-refractivity contribution < 1.29 is 80.2 Å². The number of carbonyl (C=O) groups excluding carboxylic acids is 4. The Kier molecular flexibility index (Phi) is 63.7. The fourth-order valence-electron chi connectivity index (χ4n) is 11.1. The van der Waals surface area contributed by atoms with Gasteiger partial charge >= 0.3 is 39.5 Å². The Balaban J connectivity index is 5.12. The summed E-state index contributed by atoms with van der Waals surface area (Å²) in [6.07, 6.45) is 51.8. The van der Waals surface area contributed by atoms with Gasteiger partial charge in [0.25, 0.3) is 0 Å². The summed E-state index contributed by atoms with van der Waals surface area (Å²) in [5.74, 6) is -0.539. The summed E-state index contributed by atoms with van der Waals surface area (Å²) in [5.41, 5.74) is 0. The molecule has 0 aliphatic rings. The molecule has 0 rings (SSSR count). The lowest BCUT2D eigenvalue weighted by Crippen LogP contribution is -2.30. The van der Waals surface area contributed by atoms with Crippen molar-refractivity contribution in [3.05, 3.63) is 0 Å². The maximum atomic E-state index is 13.1. The molecule has 0 aromatic rings. The van der Waals surface area contributed by atoms with Crippen LogP contribution < -0.4 is 0 Å². The van der Waals surface area contributed by atoms with Gasteiger partial charge in [-0.05, 0) is 37.5 Å². The quantitative estimate of drug-likeness (QED) is 0.0222. The summed E-state index contributed by atoms with van der Waals surface area (Å²) in [7, 11) is -9.89. The van der Waals surface area contributed by atoms with Crippen LogP contribution in [0.4, 0.5) is 0 Å². The van der Waals surface area contributed by atoms with Gasteiger partial charge in [0.05, 0.1) is 26.4 Å². The molecule has 0 saturated heterocycles. The second-order valence-corrected chi connectivity index (χ2v) is 30.2. The van der Waals surface area contributed by atoms with E-state index in [1.807, 2.05) is 0 Å². The number of phosphoric acid groups is 2. The highest BCUT2D eigenvalue weighted by Gasteiger charge is 2.30. The zero-order valence-corrected chi connectivity index (χ0v) is 61.6. The molecule has 0 aromatic carbocycles. The van der Waals surface area contributed by atoms with E-state index in [4.69, 9.17) is 37.0 Å². The molecule has 0 spiro atoms. The Hall–Kier alpha value is -1.94. The van der Waals surface area contributed by atoms with Crippen LogP contribution in [0.3, 0.4) is 0 Å². The highest BCUT2D eigenvalue weighted by molar-refractivity contribution is 7.47. The Morgan fingerprint density at radius 3 is 0.739 bits per heavy atom. The van der Waals surface area contributed by atoms with Crippen molar-refractivity contribution in [3.8, 4) is 0 Å². The van der Waals surface area contributed by atoms with E-state index in [1.165, 1.54) is 186 Å². The minimum absolute atomic E-state index is 0.106. The van der Waals surface area contributed by atoms with Crippen LogP contribution in [0.5, 0.6) is 0 Å². The first-order valence-electron chi connectivity index (χ1n) is 38.0. The van der Waals surface area contributed by atoms with Crippen molar-refractivity contribution in [1.29, 1.82) is 0 Å². The van der Waals surface area contributed by atoms with E-state index in [0.717, 1.165) is 108 Å². The van der Waals surface area contributed by atoms with Crippen molar-refractivity contribution in [3.63, 3.8) is 0 Å². The fraction of sp³-hybridized carbons (Fsp3) is 0.945. The second-order valence-electron chi connectivity index (χ2n) is 27.3. The number of esters is 4. The first-order valence-corrected chi connectivity index (χ1v) is 41.0. The maximum Gasteiger partial charge on any atom is 0.472 e. The summed E-state index contributed by atoms with van der Waals surface area (Å²) in [6.45, 7) is 9.52.